The number of ether oxygens (including phenoxy) is 1. The van der Waals surface area contributed by atoms with Crippen molar-refractivity contribution in [2.45, 2.75) is 6.54 Å². The van der Waals surface area contributed by atoms with Gasteiger partial charge in [-0.2, -0.15) is 5.10 Å². The first kappa shape index (κ1) is 15.7. The highest BCUT2D eigenvalue weighted by atomic mass is 35.5. The quantitative estimate of drug-likeness (QED) is 0.570. The lowest BCUT2D eigenvalue weighted by Crippen LogP contribution is -2.02. The number of aliphatic hydroxyl groups excluding tert-OH is 1. The van der Waals surface area contributed by atoms with Crippen molar-refractivity contribution in [3.63, 3.8) is 0 Å². The summed E-state index contributed by atoms with van der Waals surface area (Å²) >= 11 is 6.26. The Morgan fingerprint density at radius 1 is 1.32 bits per heavy atom. The normalized spacial score (nSPS) is 11.3. The van der Waals surface area contributed by atoms with Gasteiger partial charge in [0.05, 0.1) is 43.6 Å². The van der Waals surface area contributed by atoms with Crippen LogP contribution < -0.4 is 4.74 Å². The third-order valence-electron chi connectivity index (χ3n) is 3.96. The molecule has 3 heterocycles. The number of methoxy groups -OCH3 is 1. The van der Waals surface area contributed by atoms with Crippen molar-refractivity contribution in [3.05, 3.63) is 41.9 Å². The number of aliphatic hydroxyl groups is 1. The molecule has 0 unspecified atom stereocenters. The van der Waals surface area contributed by atoms with Gasteiger partial charge in [-0.1, -0.05) is 16.8 Å². The predicted molar refractivity (Wildman–Crippen MR) is 93.1 cm³/mol. The molecule has 0 aliphatic heterocycles. The van der Waals surface area contributed by atoms with Gasteiger partial charge in [0.15, 0.2) is 5.82 Å². The van der Waals surface area contributed by atoms with Gasteiger partial charge in [-0.3, -0.25) is 9.67 Å². The standard InChI is InChI=1S/C16H15ClN6O2/c1-25-14-5-11(17)4-13-16(14)12(10-6-18-19-7-10)8-23(13)15-9-22(2-3-24)21-20-15/h4-9,24H,2-3H2,1H3,(H,18,19). The summed E-state index contributed by atoms with van der Waals surface area (Å²) in [5.41, 5.74) is 2.71. The molecule has 0 aliphatic carbocycles. The lowest BCUT2D eigenvalue weighted by molar-refractivity contribution is 0.268. The highest BCUT2D eigenvalue weighted by Crippen LogP contribution is 2.39. The topological polar surface area (TPSA) is 93.8 Å². The second-order valence-corrected chi connectivity index (χ2v) is 5.90. The number of nitrogens with one attached hydrogen (secondary N) is 1. The van der Waals surface area contributed by atoms with Crippen LogP contribution in [0.25, 0.3) is 27.8 Å². The van der Waals surface area contributed by atoms with Gasteiger partial charge < -0.3 is 9.84 Å². The summed E-state index contributed by atoms with van der Waals surface area (Å²) < 4.78 is 9.02. The number of rotatable bonds is 5. The fraction of sp³-hybridized carbons (Fsp3) is 0.188. The Kier molecular flexibility index (Phi) is 3.90. The minimum absolute atomic E-state index is 0.00481. The number of halogens is 1. The Morgan fingerprint density at radius 3 is 2.92 bits per heavy atom. The van der Waals surface area contributed by atoms with E-state index in [1.807, 2.05) is 23.0 Å². The van der Waals surface area contributed by atoms with E-state index >= 15 is 0 Å². The molecule has 0 radical (unpaired) electrons. The van der Waals surface area contributed by atoms with Crippen molar-refractivity contribution in [1.82, 2.24) is 29.8 Å². The molecule has 1 aromatic carbocycles. The molecule has 128 valence electrons. The highest BCUT2D eigenvalue weighted by Gasteiger charge is 2.18. The number of benzene rings is 1. The fourth-order valence-electron chi connectivity index (χ4n) is 2.87. The second kappa shape index (κ2) is 6.23. The van der Waals surface area contributed by atoms with Crippen LogP contribution in [0, 0.1) is 0 Å². The molecule has 25 heavy (non-hydrogen) atoms. The lowest BCUT2D eigenvalue weighted by atomic mass is 10.1. The van der Waals surface area contributed by atoms with Crippen molar-refractivity contribution in [3.8, 4) is 22.7 Å². The molecule has 3 aromatic heterocycles. The van der Waals surface area contributed by atoms with E-state index in [0.717, 1.165) is 22.0 Å². The summed E-state index contributed by atoms with van der Waals surface area (Å²) in [6, 6.07) is 3.63. The summed E-state index contributed by atoms with van der Waals surface area (Å²) in [7, 11) is 1.61. The van der Waals surface area contributed by atoms with Gasteiger partial charge in [0.1, 0.15) is 5.75 Å². The van der Waals surface area contributed by atoms with Gasteiger partial charge >= 0.3 is 0 Å². The Hall–Kier alpha value is -2.84. The molecule has 0 saturated carbocycles. The number of H-pyrrole nitrogens is 1. The zero-order chi connectivity index (χ0) is 17.4. The number of nitrogens with zero attached hydrogens (tertiary/aromatic N) is 5. The molecule has 4 aromatic rings. The molecular formula is C16H15ClN6O2. The number of aromatic nitrogens is 6. The molecule has 0 aliphatic rings. The van der Waals surface area contributed by atoms with E-state index < -0.39 is 0 Å². The molecular weight excluding hydrogens is 344 g/mol. The van der Waals surface area contributed by atoms with Crippen LogP contribution in [0.2, 0.25) is 5.02 Å². The van der Waals surface area contributed by atoms with E-state index in [2.05, 4.69) is 20.5 Å². The zero-order valence-electron chi connectivity index (χ0n) is 13.3. The van der Waals surface area contributed by atoms with Crippen LogP contribution in [0.5, 0.6) is 5.75 Å². The minimum Gasteiger partial charge on any atom is -0.496 e. The SMILES string of the molecule is COc1cc(Cl)cc2c1c(-c1cn[nH]c1)cn2-c1cn(CCO)nn1. The van der Waals surface area contributed by atoms with Crippen molar-refractivity contribution in [1.29, 1.82) is 0 Å². The maximum atomic E-state index is 9.07. The van der Waals surface area contributed by atoms with E-state index in [1.165, 1.54) is 0 Å². The fourth-order valence-corrected chi connectivity index (χ4v) is 3.07. The first-order valence-electron chi connectivity index (χ1n) is 7.60. The average Bonchev–Trinajstić information content (AvgIpc) is 3.33. The first-order chi connectivity index (χ1) is 12.2. The largest absolute Gasteiger partial charge is 0.496 e. The summed E-state index contributed by atoms with van der Waals surface area (Å²) in [4.78, 5) is 0. The number of hydrogen-bond acceptors (Lipinski definition) is 5. The van der Waals surface area contributed by atoms with E-state index in [9.17, 15) is 0 Å². The maximum absolute atomic E-state index is 9.07. The van der Waals surface area contributed by atoms with Crippen molar-refractivity contribution in [2.75, 3.05) is 13.7 Å². The molecule has 0 spiro atoms. The molecule has 4 rings (SSSR count). The van der Waals surface area contributed by atoms with Gasteiger partial charge in [-0.15, -0.1) is 5.10 Å². The Labute approximate surface area is 147 Å². The lowest BCUT2D eigenvalue weighted by Gasteiger charge is -2.06. The summed E-state index contributed by atoms with van der Waals surface area (Å²) in [6.45, 7) is 0.375. The van der Waals surface area contributed by atoms with Crippen LogP contribution >= 0.6 is 11.6 Å². The van der Waals surface area contributed by atoms with Crippen LogP contribution in [0.4, 0.5) is 0 Å². The van der Waals surface area contributed by atoms with Gasteiger partial charge in [0, 0.05) is 28.5 Å². The molecule has 0 bridgehead atoms. The van der Waals surface area contributed by atoms with Gasteiger partial charge in [0.25, 0.3) is 0 Å². The first-order valence-corrected chi connectivity index (χ1v) is 7.98. The van der Waals surface area contributed by atoms with Crippen molar-refractivity contribution >= 4 is 22.5 Å². The molecule has 9 heteroatoms. The minimum atomic E-state index is -0.00481. The molecule has 8 nitrogen and oxygen atoms in total. The van der Waals surface area contributed by atoms with Crippen LogP contribution in [0.15, 0.2) is 36.9 Å². The molecule has 2 N–H and O–H groups in total. The second-order valence-electron chi connectivity index (χ2n) is 5.47. The zero-order valence-corrected chi connectivity index (χ0v) is 14.1. The summed E-state index contributed by atoms with van der Waals surface area (Å²) in [5.74, 6) is 1.29. The third-order valence-corrected chi connectivity index (χ3v) is 4.18. The number of fused-ring (bicyclic) bond motifs is 1. The Morgan fingerprint density at radius 2 is 2.20 bits per heavy atom. The predicted octanol–water partition coefficient (Wildman–Crippen LogP) is 2.27. The highest BCUT2D eigenvalue weighted by molar-refractivity contribution is 6.31. The Bertz CT molecular complexity index is 1020. The third kappa shape index (κ3) is 2.65. The van der Waals surface area contributed by atoms with Gasteiger partial charge in [-0.05, 0) is 12.1 Å². The van der Waals surface area contributed by atoms with Gasteiger partial charge in [0.2, 0.25) is 0 Å². The number of hydrogen-bond donors (Lipinski definition) is 2. The monoisotopic (exact) mass is 358 g/mol. The van der Waals surface area contributed by atoms with Crippen LogP contribution in [0.1, 0.15) is 0 Å². The maximum Gasteiger partial charge on any atom is 0.179 e. The molecule has 0 saturated heterocycles. The molecule has 0 fully saturated rings. The van der Waals surface area contributed by atoms with E-state index in [1.54, 1.807) is 30.3 Å². The smallest absolute Gasteiger partial charge is 0.179 e. The van der Waals surface area contributed by atoms with E-state index in [4.69, 9.17) is 21.4 Å². The summed E-state index contributed by atoms with van der Waals surface area (Å²) in [6.07, 6.45) is 7.27. The Balaban J connectivity index is 1.99. The molecule has 0 amide bonds. The van der Waals surface area contributed by atoms with Crippen LogP contribution in [-0.2, 0) is 6.54 Å². The van der Waals surface area contributed by atoms with Crippen LogP contribution in [-0.4, -0.2) is 48.6 Å². The van der Waals surface area contributed by atoms with Gasteiger partial charge in [-0.25, -0.2) is 4.68 Å². The average molecular weight is 359 g/mol. The van der Waals surface area contributed by atoms with E-state index in [-0.39, 0.29) is 6.61 Å². The van der Waals surface area contributed by atoms with Crippen LogP contribution in [0.3, 0.4) is 0 Å². The summed E-state index contributed by atoms with van der Waals surface area (Å²) in [5, 5.41) is 25.6. The number of aromatic amines is 1. The molecule has 0 atom stereocenters. The van der Waals surface area contributed by atoms with Crippen molar-refractivity contribution < 1.29 is 9.84 Å². The van der Waals surface area contributed by atoms with E-state index in [0.29, 0.717) is 23.1 Å². The van der Waals surface area contributed by atoms with Crippen molar-refractivity contribution in [2.24, 2.45) is 0 Å².